The number of phenols is 2. The Kier molecular flexibility index (Phi) is 9.41. The number of esters is 1. The zero-order valence-electron chi connectivity index (χ0n) is 22.0. The van der Waals surface area contributed by atoms with Crippen LogP contribution in [0.2, 0.25) is 0 Å². The van der Waals surface area contributed by atoms with Gasteiger partial charge < -0.3 is 68.9 Å². The Morgan fingerprint density at radius 2 is 1.63 bits per heavy atom. The molecule has 15 nitrogen and oxygen atoms in total. The molecule has 0 aliphatic carbocycles. The molecule has 226 valence electrons. The molecule has 2 heterocycles. The fourth-order valence-electron chi connectivity index (χ4n) is 4.29. The number of carbonyl (C=O) groups is 1. The average molecular weight is 585 g/mol. The van der Waals surface area contributed by atoms with E-state index in [9.17, 15) is 40.5 Å². The number of phenolic OH excluding ortho intramolecular Hbond substituents is 2. The molecule has 2 aliphatic heterocycles. The number of benzene rings is 2. The SMILES string of the molecule is COc1cc(C(=O)OC[C@@]2(O)CO[C@@H](O[C@H]3[C@H](Oc4ccc(O)cc4)O[C@H](CO)[C@@H](O)[C@@H]3O)[C@@H]2O)cc(OC)c1O. The van der Waals surface area contributed by atoms with Crippen LogP contribution < -0.4 is 14.2 Å². The fourth-order valence-corrected chi connectivity index (χ4v) is 4.29. The van der Waals surface area contributed by atoms with Gasteiger partial charge in [0.2, 0.25) is 12.0 Å². The largest absolute Gasteiger partial charge is 0.508 e. The molecule has 0 spiro atoms. The van der Waals surface area contributed by atoms with E-state index in [0.717, 1.165) is 0 Å². The lowest BCUT2D eigenvalue weighted by Crippen LogP contribution is -2.62. The van der Waals surface area contributed by atoms with E-state index < -0.39 is 74.5 Å². The van der Waals surface area contributed by atoms with E-state index >= 15 is 0 Å². The van der Waals surface area contributed by atoms with Crippen LogP contribution >= 0.6 is 0 Å². The summed E-state index contributed by atoms with van der Waals surface area (Å²) < 4.78 is 37.5. The van der Waals surface area contributed by atoms with E-state index in [0.29, 0.717) is 0 Å². The molecule has 15 heteroatoms. The van der Waals surface area contributed by atoms with Crippen molar-refractivity contribution in [1.29, 1.82) is 0 Å². The number of hydrogen-bond acceptors (Lipinski definition) is 15. The first-order valence-electron chi connectivity index (χ1n) is 12.4. The third-order valence-corrected chi connectivity index (χ3v) is 6.68. The summed E-state index contributed by atoms with van der Waals surface area (Å²) in [6.07, 6.45) is -10.9. The van der Waals surface area contributed by atoms with Crippen LogP contribution in [0.15, 0.2) is 36.4 Å². The summed E-state index contributed by atoms with van der Waals surface area (Å²) in [6, 6.07) is 7.85. The zero-order chi connectivity index (χ0) is 29.9. The predicted octanol–water partition coefficient (Wildman–Crippen LogP) is -1.38. The number of aliphatic hydroxyl groups excluding tert-OH is 4. The normalized spacial score (nSPS) is 31.4. The Hall–Kier alpha value is -3.41. The Bertz CT molecular complexity index is 1160. The number of hydrogen-bond donors (Lipinski definition) is 7. The summed E-state index contributed by atoms with van der Waals surface area (Å²) in [5.41, 5.74) is -2.23. The van der Waals surface area contributed by atoms with Crippen molar-refractivity contribution in [2.75, 3.05) is 34.0 Å². The summed E-state index contributed by atoms with van der Waals surface area (Å²) >= 11 is 0. The van der Waals surface area contributed by atoms with Gasteiger partial charge in [-0.3, -0.25) is 0 Å². The van der Waals surface area contributed by atoms with E-state index in [4.69, 9.17) is 33.2 Å². The average Bonchev–Trinajstić information content (AvgIpc) is 3.25. The summed E-state index contributed by atoms with van der Waals surface area (Å²) in [7, 11) is 2.55. The van der Waals surface area contributed by atoms with Gasteiger partial charge in [0.1, 0.15) is 42.5 Å². The molecule has 0 saturated carbocycles. The van der Waals surface area contributed by atoms with Crippen LogP contribution in [0.1, 0.15) is 10.4 Å². The molecule has 0 aromatic heterocycles. The standard InChI is InChI=1S/C26H32O15/c1-35-15-7-12(8-16(36-2)18(15)29)23(33)37-10-26(34)11-38-25(22(26)32)41-21-20(31)19(30)17(9-27)40-24(21)39-14-5-3-13(28)4-6-14/h3-8,17,19-22,24-25,27-32,34H,9-11H2,1-2H3/t17-,19-,20+,21-,22+,24-,25+,26-/m1/s1. The van der Waals surface area contributed by atoms with Gasteiger partial charge in [-0.1, -0.05) is 0 Å². The molecule has 41 heavy (non-hydrogen) atoms. The lowest BCUT2D eigenvalue weighted by atomic mass is 9.98. The third-order valence-electron chi connectivity index (χ3n) is 6.68. The number of rotatable bonds is 10. The second-order valence-corrected chi connectivity index (χ2v) is 9.45. The third kappa shape index (κ3) is 6.42. The number of aliphatic hydroxyl groups is 5. The summed E-state index contributed by atoms with van der Waals surface area (Å²) in [4.78, 5) is 12.7. The minimum atomic E-state index is -2.15. The van der Waals surface area contributed by atoms with Gasteiger partial charge in [-0.15, -0.1) is 0 Å². The van der Waals surface area contributed by atoms with Crippen LogP contribution in [0.5, 0.6) is 28.7 Å². The number of carbonyl (C=O) groups excluding carboxylic acids is 1. The van der Waals surface area contributed by atoms with Gasteiger partial charge in [-0.25, -0.2) is 4.79 Å². The van der Waals surface area contributed by atoms with Gasteiger partial charge in [0.15, 0.2) is 29.5 Å². The zero-order valence-corrected chi connectivity index (χ0v) is 22.0. The minimum absolute atomic E-state index is 0.0374. The molecule has 2 aromatic carbocycles. The van der Waals surface area contributed by atoms with Gasteiger partial charge in [0.05, 0.1) is 33.0 Å². The summed E-state index contributed by atoms with van der Waals surface area (Å²) in [5.74, 6) is -1.25. The Morgan fingerprint density at radius 1 is 1.00 bits per heavy atom. The second kappa shape index (κ2) is 12.6. The fraction of sp³-hybridized carbons (Fsp3) is 0.500. The maximum atomic E-state index is 12.7. The van der Waals surface area contributed by atoms with Crippen molar-refractivity contribution in [3.05, 3.63) is 42.0 Å². The van der Waals surface area contributed by atoms with Crippen molar-refractivity contribution in [3.63, 3.8) is 0 Å². The van der Waals surface area contributed by atoms with Crippen LogP contribution in [0.3, 0.4) is 0 Å². The van der Waals surface area contributed by atoms with Crippen molar-refractivity contribution in [2.45, 2.75) is 48.7 Å². The van der Waals surface area contributed by atoms with Gasteiger partial charge in [0, 0.05) is 0 Å². The van der Waals surface area contributed by atoms with Gasteiger partial charge in [0.25, 0.3) is 0 Å². The Labute approximate surface area is 233 Å². The number of methoxy groups -OCH3 is 2. The molecule has 2 aliphatic rings. The molecule has 2 aromatic rings. The molecular weight excluding hydrogens is 552 g/mol. The topological polar surface area (TPSA) is 223 Å². The molecule has 0 amide bonds. The van der Waals surface area contributed by atoms with E-state index in [-0.39, 0.29) is 34.3 Å². The first-order valence-corrected chi connectivity index (χ1v) is 12.4. The highest BCUT2D eigenvalue weighted by atomic mass is 16.8. The molecule has 7 N–H and O–H groups in total. The van der Waals surface area contributed by atoms with E-state index in [1.807, 2.05) is 0 Å². The van der Waals surface area contributed by atoms with Crippen LogP contribution in [-0.4, -0.2) is 124 Å². The summed E-state index contributed by atoms with van der Waals surface area (Å²) in [6.45, 7) is -1.96. The van der Waals surface area contributed by atoms with E-state index in [2.05, 4.69) is 0 Å². The summed E-state index contributed by atoms with van der Waals surface area (Å²) in [5, 5.41) is 72.0. The highest BCUT2D eigenvalue weighted by Gasteiger charge is 2.54. The lowest BCUT2D eigenvalue weighted by molar-refractivity contribution is -0.318. The number of aromatic hydroxyl groups is 2. The smallest absolute Gasteiger partial charge is 0.338 e. The molecule has 0 bridgehead atoms. The number of ether oxygens (including phenoxy) is 7. The molecular formula is C26H32O15. The molecule has 2 fully saturated rings. The van der Waals surface area contributed by atoms with Gasteiger partial charge in [-0.2, -0.15) is 0 Å². The van der Waals surface area contributed by atoms with Crippen LogP contribution in [-0.2, 0) is 18.9 Å². The van der Waals surface area contributed by atoms with Crippen molar-refractivity contribution < 1.29 is 73.7 Å². The monoisotopic (exact) mass is 584 g/mol. The van der Waals surface area contributed by atoms with Gasteiger partial charge in [-0.05, 0) is 36.4 Å². The molecule has 0 unspecified atom stereocenters. The second-order valence-electron chi connectivity index (χ2n) is 9.45. The quantitative estimate of drug-likeness (QED) is 0.160. The van der Waals surface area contributed by atoms with E-state index in [1.165, 1.54) is 50.6 Å². The van der Waals surface area contributed by atoms with Crippen LogP contribution in [0.25, 0.3) is 0 Å². The predicted molar refractivity (Wildman–Crippen MR) is 134 cm³/mol. The maximum Gasteiger partial charge on any atom is 0.338 e. The van der Waals surface area contributed by atoms with Crippen molar-refractivity contribution >= 4 is 5.97 Å². The highest BCUT2D eigenvalue weighted by molar-refractivity contribution is 5.91. The Balaban J connectivity index is 1.44. The minimum Gasteiger partial charge on any atom is -0.508 e. The van der Waals surface area contributed by atoms with Crippen LogP contribution in [0.4, 0.5) is 0 Å². The van der Waals surface area contributed by atoms with Crippen molar-refractivity contribution in [2.24, 2.45) is 0 Å². The Morgan fingerprint density at radius 3 is 2.22 bits per heavy atom. The lowest BCUT2D eigenvalue weighted by Gasteiger charge is -2.42. The first-order chi connectivity index (χ1) is 19.5. The molecule has 4 rings (SSSR count). The van der Waals surface area contributed by atoms with Crippen molar-refractivity contribution in [3.8, 4) is 28.7 Å². The molecule has 2 saturated heterocycles. The van der Waals surface area contributed by atoms with Crippen LogP contribution in [0, 0.1) is 0 Å². The molecule has 0 radical (unpaired) electrons. The van der Waals surface area contributed by atoms with Gasteiger partial charge >= 0.3 is 5.97 Å². The highest BCUT2D eigenvalue weighted by Crippen LogP contribution is 2.38. The first kappa shape index (κ1) is 30.5. The van der Waals surface area contributed by atoms with E-state index in [1.54, 1.807) is 0 Å². The van der Waals surface area contributed by atoms with Crippen molar-refractivity contribution in [1.82, 2.24) is 0 Å². The molecule has 8 atom stereocenters. The maximum absolute atomic E-state index is 12.7.